The van der Waals surface area contributed by atoms with Crippen LogP contribution in [0.4, 0.5) is 5.82 Å². The van der Waals surface area contributed by atoms with Crippen LogP contribution in [0.25, 0.3) is 0 Å². The number of aliphatic hydroxyl groups is 1. The number of unbranched alkanes of at least 4 members (excludes halogenated alkanes) is 2. The van der Waals surface area contributed by atoms with E-state index >= 15 is 0 Å². The molecule has 3 N–H and O–H groups in total. The van der Waals surface area contributed by atoms with Gasteiger partial charge in [0.05, 0.1) is 18.1 Å². The first-order valence-corrected chi connectivity index (χ1v) is 5.58. The van der Waals surface area contributed by atoms with Crippen LogP contribution in [0.1, 0.15) is 25.0 Å². The lowest BCUT2D eigenvalue weighted by Gasteiger charge is -2.15. The van der Waals surface area contributed by atoms with Crippen LogP contribution in [0, 0.1) is 0 Å². The molecule has 1 aromatic rings. The van der Waals surface area contributed by atoms with Gasteiger partial charge in [0.25, 0.3) is 0 Å². The van der Waals surface area contributed by atoms with Gasteiger partial charge in [0, 0.05) is 13.2 Å². The molecule has 0 aromatic carbocycles. The van der Waals surface area contributed by atoms with E-state index in [0.29, 0.717) is 5.82 Å². The van der Waals surface area contributed by atoms with Crippen molar-refractivity contribution in [3.8, 4) is 0 Å². The first-order chi connectivity index (χ1) is 7.72. The Kier molecular flexibility index (Phi) is 5.74. The van der Waals surface area contributed by atoms with Crippen molar-refractivity contribution in [1.29, 1.82) is 0 Å². The minimum Gasteiger partial charge on any atom is -0.396 e. The Labute approximate surface area is 96.3 Å². The van der Waals surface area contributed by atoms with Gasteiger partial charge in [-0.15, -0.1) is 0 Å². The number of nitrogens with zero attached hydrogens (tertiary/aromatic N) is 3. The van der Waals surface area contributed by atoms with E-state index in [1.54, 1.807) is 12.4 Å². The predicted molar refractivity (Wildman–Crippen MR) is 63.7 cm³/mol. The van der Waals surface area contributed by atoms with Crippen LogP contribution in [0.3, 0.4) is 0 Å². The summed E-state index contributed by atoms with van der Waals surface area (Å²) in [4.78, 5) is 10.4. The molecule has 0 saturated carbocycles. The van der Waals surface area contributed by atoms with E-state index < -0.39 is 0 Å². The summed E-state index contributed by atoms with van der Waals surface area (Å²) in [6.45, 7) is 2.08. The minimum absolute atomic E-state index is 0.285. The maximum atomic E-state index is 8.65. The molecule has 1 rings (SSSR count). The number of hydrogen-bond acceptors (Lipinski definition) is 5. The fourth-order valence-electron chi connectivity index (χ4n) is 1.47. The molecule has 1 aromatic heterocycles. The zero-order valence-corrected chi connectivity index (χ0v) is 9.76. The quantitative estimate of drug-likeness (QED) is 0.665. The second-order valence-corrected chi connectivity index (χ2v) is 3.95. The Morgan fingerprint density at radius 2 is 2.06 bits per heavy atom. The summed E-state index contributed by atoms with van der Waals surface area (Å²) in [7, 11) is 2.05. The summed E-state index contributed by atoms with van der Waals surface area (Å²) in [5.41, 5.74) is 6.39. The Hall–Kier alpha value is -1.20. The van der Waals surface area contributed by atoms with Crippen LogP contribution in [0.5, 0.6) is 0 Å². The van der Waals surface area contributed by atoms with Crippen molar-refractivity contribution in [2.24, 2.45) is 0 Å². The molecule has 1 heterocycles. The predicted octanol–water partition coefficient (Wildman–Crippen LogP) is 0.653. The molecule has 0 saturated heterocycles. The van der Waals surface area contributed by atoms with E-state index in [4.69, 9.17) is 10.8 Å². The molecule has 0 aliphatic heterocycles. The van der Waals surface area contributed by atoms with Gasteiger partial charge < -0.3 is 15.7 Å². The zero-order chi connectivity index (χ0) is 11.8. The van der Waals surface area contributed by atoms with E-state index in [0.717, 1.165) is 38.0 Å². The molecule has 0 amide bonds. The van der Waals surface area contributed by atoms with Crippen molar-refractivity contribution in [3.63, 3.8) is 0 Å². The summed E-state index contributed by atoms with van der Waals surface area (Å²) in [6.07, 6.45) is 6.33. The number of hydrogen-bond donors (Lipinski definition) is 2. The standard InChI is InChI=1S/C11H20N4O/c1-15(5-3-2-4-6-16)9-10-7-14-11(12)8-13-10/h7-8,16H,2-6,9H2,1H3,(H2,12,14). The van der Waals surface area contributed by atoms with Crippen molar-refractivity contribution in [1.82, 2.24) is 14.9 Å². The Morgan fingerprint density at radius 1 is 1.25 bits per heavy atom. The molecular weight excluding hydrogens is 204 g/mol. The van der Waals surface area contributed by atoms with Gasteiger partial charge >= 0.3 is 0 Å². The Balaban J connectivity index is 2.23. The highest BCUT2D eigenvalue weighted by molar-refractivity contribution is 5.22. The number of rotatable bonds is 7. The van der Waals surface area contributed by atoms with Crippen LogP contribution < -0.4 is 5.73 Å². The van der Waals surface area contributed by atoms with Crippen LogP contribution >= 0.6 is 0 Å². The highest BCUT2D eigenvalue weighted by atomic mass is 16.2. The molecular formula is C11H20N4O. The number of nitrogens with two attached hydrogens (primary N) is 1. The minimum atomic E-state index is 0.285. The fourth-order valence-corrected chi connectivity index (χ4v) is 1.47. The fraction of sp³-hybridized carbons (Fsp3) is 0.636. The molecule has 5 nitrogen and oxygen atoms in total. The lowest BCUT2D eigenvalue weighted by molar-refractivity contribution is 0.270. The van der Waals surface area contributed by atoms with Gasteiger partial charge in [0.1, 0.15) is 5.82 Å². The summed E-state index contributed by atoms with van der Waals surface area (Å²) >= 11 is 0. The number of nitrogen functional groups attached to an aromatic ring is 1. The molecule has 5 heteroatoms. The third kappa shape index (κ3) is 5.04. The van der Waals surface area contributed by atoms with Crippen molar-refractivity contribution in [2.45, 2.75) is 25.8 Å². The van der Waals surface area contributed by atoms with Gasteiger partial charge in [-0.25, -0.2) is 4.98 Å². The highest BCUT2D eigenvalue weighted by Gasteiger charge is 2.01. The highest BCUT2D eigenvalue weighted by Crippen LogP contribution is 2.02. The smallest absolute Gasteiger partial charge is 0.141 e. The number of aliphatic hydroxyl groups excluding tert-OH is 1. The van der Waals surface area contributed by atoms with E-state index in [2.05, 4.69) is 21.9 Å². The van der Waals surface area contributed by atoms with Crippen molar-refractivity contribution < 1.29 is 5.11 Å². The van der Waals surface area contributed by atoms with Crippen LogP contribution in [0.2, 0.25) is 0 Å². The average molecular weight is 224 g/mol. The lowest BCUT2D eigenvalue weighted by atomic mass is 10.2. The van der Waals surface area contributed by atoms with E-state index in [9.17, 15) is 0 Å². The first kappa shape index (κ1) is 12.9. The van der Waals surface area contributed by atoms with Gasteiger partial charge in [0.2, 0.25) is 0 Å². The van der Waals surface area contributed by atoms with Crippen LogP contribution in [-0.4, -0.2) is 40.2 Å². The van der Waals surface area contributed by atoms with E-state index in [1.165, 1.54) is 0 Å². The van der Waals surface area contributed by atoms with Gasteiger partial charge in [-0.1, -0.05) is 0 Å². The van der Waals surface area contributed by atoms with Crippen molar-refractivity contribution in [3.05, 3.63) is 18.1 Å². The molecule has 0 aliphatic rings. The number of anilines is 1. The number of aromatic nitrogens is 2. The molecule has 0 radical (unpaired) electrons. The zero-order valence-electron chi connectivity index (χ0n) is 9.76. The normalized spacial score (nSPS) is 10.9. The van der Waals surface area contributed by atoms with Gasteiger partial charge in [-0.3, -0.25) is 4.98 Å². The first-order valence-electron chi connectivity index (χ1n) is 5.58. The second-order valence-electron chi connectivity index (χ2n) is 3.95. The molecule has 0 aliphatic carbocycles. The Bertz CT molecular complexity index is 289. The molecule has 16 heavy (non-hydrogen) atoms. The third-order valence-electron chi connectivity index (χ3n) is 2.36. The van der Waals surface area contributed by atoms with Crippen LogP contribution in [-0.2, 0) is 6.54 Å². The summed E-state index contributed by atoms with van der Waals surface area (Å²) in [6, 6.07) is 0. The molecule has 0 unspecified atom stereocenters. The maximum Gasteiger partial charge on any atom is 0.141 e. The maximum absolute atomic E-state index is 8.65. The van der Waals surface area contributed by atoms with E-state index in [1.807, 2.05) is 0 Å². The second kappa shape index (κ2) is 7.14. The van der Waals surface area contributed by atoms with Gasteiger partial charge in [-0.2, -0.15) is 0 Å². The van der Waals surface area contributed by atoms with E-state index in [-0.39, 0.29) is 6.61 Å². The molecule has 0 bridgehead atoms. The Morgan fingerprint density at radius 3 is 2.69 bits per heavy atom. The summed E-state index contributed by atoms with van der Waals surface area (Å²) in [5.74, 6) is 0.453. The molecule has 0 atom stereocenters. The van der Waals surface area contributed by atoms with Crippen molar-refractivity contribution in [2.75, 3.05) is 25.9 Å². The van der Waals surface area contributed by atoms with Crippen molar-refractivity contribution >= 4 is 5.82 Å². The monoisotopic (exact) mass is 224 g/mol. The molecule has 0 spiro atoms. The summed E-state index contributed by atoms with van der Waals surface area (Å²) in [5, 5.41) is 8.65. The molecule has 90 valence electrons. The largest absolute Gasteiger partial charge is 0.396 e. The van der Waals surface area contributed by atoms with Gasteiger partial charge in [-0.05, 0) is 32.9 Å². The average Bonchev–Trinajstić information content (AvgIpc) is 2.28. The topological polar surface area (TPSA) is 75.3 Å². The van der Waals surface area contributed by atoms with Crippen LogP contribution in [0.15, 0.2) is 12.4 Å². The third-order valence-corrected chi connectivity index (χ3v) is 2.36. The SMILES string of the molecule is CN(CCCCCO)Cc1cnc(N)cn1. The summed E-state index contributed by atoms with van der Waals surface area (Å²) < 4.78 is 0. The molecule has 0 fully saturated rings. The lowest BCUT2D eigenvalue weighted by Crippen LogP contribution is -2.20. The van der Waals surface area contributed by atoms with Gasteiger partial charge in [0.15, 0.2) is 0 Å².